The van der Waals surface area contributed by atoms with Gasteiger partial charge in [0.25, 0.3) is 0 Å². The van der Waals surface area contributed by atoms with E-state index in [2.05, 4.69) is 25.3 Å². The number of aryl methyl sites for hydroxylation is 1. The Kier molecular flexibility index (Phi) is 3.80. The minimum Gasteiger partial charge on any atom is -0.384 e. The van der Waals surface area contributed by atoms with Crippen LogP contribution in [0.4, 0.5) is 0 Å². The van der Waals surface area contributed by atoms with Gasteiger partial charge < -0.3 is 5.73 Å². The highest BCUT2D eigenvalue weighted by atomic mass is 79.9. The average molecular weight is 329 g/mol. The molecule has 2 aromatic rings. The van der Waals surface area contributed by atoms with Crippen LogP contribution in [0, 0.1) is 12.3 Å². The Morgan fingerprint density at radius 3 is 2.88 bits per heavy atom. The third-order valence-electron chi connectivity index (χ3n) is 1.95. The number of halogens is 1. The standard InChI is InChI=1S/C10H9BrN4S2/c1-5-14-10(17-15-5)16-7-4-2-3-6(11)8(7)9(12)13/h2-4H,1H3,(H3,12,13). The Balaban J connectivity index is 2.39. The predicted molar refractivity (Wildman–Crippen MR) is 73.9 cm³/mol. The molecule has 1 heterocycles. The highest BCUT2D eigenvalue weighted by Gasteiger charge is 2.12. The number of benzene rings is 1. The molecule has 0 fully saturated rings. The Hall–Kier alpha value is -0.920. The fourth-order valence-electron chi connectivity index (χ4n) is 1.26. The molecule has 0 unspecified atom stereocenters. The summed E-state index contributed by atoms with van der Waals surface area (Å²) < 4.78 is 5.79. The number of nitrogen functional groups attached to an aromatic ring is 1. The summed E-state index contributed by atoms with van der Waals surface area (Å²) in [6.45, 7) is 1.85. The van der Waals surface area contributed by atoms with Gasteiger partial charge in [-0.2, -0.15) is 4.37 Å². The molecule has 0 spiro atoms. The summed E-state index contributed by atoms with van der Waals surface area (Å²) in [5, 5.41) is 7.59. The normalized spacial score (nSPS) is 10.5. The number of amidine groups is 1. The van der Waals surface area contributed by atoms with E-state index in [-0.39, 0.29) is 5.84 Å². The van der Waals surface area contributed by atoms with Crippen molar-refractivity contribution in [3.63, 3.8) is 0 Å². The fourth-order valence-corrected chi connectivity index (χ4v) is 3.76. The maximum Gasteiger partial charge on any atom is 0.174 e. The third-order valence-corrected chi connectivity index (χ3v) is 4.51. The summed E-state index contributed by atoms with van der Waals surface area (Å²) in [7, 11) is 0. The zero-order chi connectivity index (χ0) is 12.4. The molecule has 1 aromatic heterocycles. The molecule has 0 bridgehead atoms. The molecular formula is C10H9BrN4S2. The van der Waals surface area contributed by atoms with E-state index < -0.39 is 0 Å². The Bertz CT molecular complexity index is 567. The number of nitrogens with one attached hydrogen (secondary N) is 1. The molecule has 0 atom stereocenters. The van der Waals surface area contributed by atoms with Gasteiger partial charge >= 0.3 is 0 Å². The quantitative estimate of drug-likeness (QED) is 0.670. The van der Waals surface area contributed by atoms with E-state index in [4.69, 9.17) is 11.1 Å². The van der Waals surface area contributed by atoms with Gasteiger partial charge in [-0.25, -0.2) is 4.98 Å². The smallest absolute Gasteiger partial charge is 0.174 e. The first kappa shape index (κ1) is 12.5. The Morgan fingerprint density at radius 2 is 2.29 bits per heavy atom. The second-order valence-corrected chi connectivity index (χ2v) is 6.13. The fraction of sp³-hybridized carbons (Fsp3) is 0.100. The molecule has 17 heavy (non-hydrogen) atoms. The number of hydrogen-bond acceptors (Lipinski definition) is 5. The molecule has 0 amide bonds. The molecule has 0 saturated carbocycles. The molecule has 3 N–H and O–H groups in total. The summed E-state index contributed by atoms with van der Waals surface area (Å²) in [4.78, 5) is 5.19. The van der Waals surface area contributed by atoms with Crippen molar-refractivity contribution in [1.82, 2.24) is 9.36 Å². The lowest BCUT2D eigenvalue weighted by Gasteiger charge is -2.07. The van der Waals surface area contributed by atoms with Crippen LogP contribution in [0.1, 0.15) is 11.4 Å². The van der Waals surface area contributed by atoms with E-state index >= 15 is 0 Å². The molecule has 2 rings (SSSR count). The molecule has 88 valence electrons. The van der Waals surface area contributed by atoms with Crippen molar-refractivity contribution in [2.75, 3.05) is 0 Å². The molecular weight excluding hydrogens is 320 g/mol. The molecule has 7 heteroatoms. The first-order valence-electron chi connectivity index (χ1n) is 4.69. The summed E-state index contributed by atoms with van der Waals surface area (Å²) in [5.74, 6) is 0.804. The number of hydrogen-bond donors (Lipinski definition) is 2. The van der Waals surface area contributed by atoms with Gasteiger partial charge in [0.15, 0.2) is 4.34 Å². The highest BCUT2D eigenvalue weighted by molar-refractivity contribution is 9.10. The second-order valence-electron chi connectivity index (χ2n) is 3.24. The highest BCUT2D eigenvalue weighted by Crippen LogP contribution is 2.34. The van der Waals surface area contributed by atoms with E-state index in [1.54, 1.807) is 0 Å². The first-order chi connectivity index (χ1) is 8.08. The predicted octanol–water partition coefficient (Wildman–Crippen LogP) is 3.04. The zero-order valence-electron chi connectivity index (χ0n) is 8.90. The molecule has 1 aromatic carbocycles. The van der Waals surface area contributed by atoms with Crippen LogP contribution in [0.15, 0.2) is 31.9 Å². The van der Waals surface area contributed by atoms with E-state index in [1.165, 1.54) is 23.3 Å². The average Bonchev–Trinajstić information content (AvgIpc) is 2.63. The largest absolute Gasteiger partial charge is 0.384 e. The molecule has 0 aliphatic heterocycles. The summed E-state index contributed by atoms with van der Waals surface area (Å²) >= 11 is 6.22. The van der Waals surface area contributed by atoms with Crippen molar-refractivity contribution in [1.29, 1.82) is 5.41 Å². The van der Waals surface area contributed by atoms with Crippen LogP contribution >= 0.6 is 39.2 Å². The van der Waals surface area contributed by atoms with Crippen molar-refractivity contribution in [2.45, 2.75) is 16.2 Å². The molecule has 4 nitrogen and oxygen atoms in total. The van der Waals surface area contributed by atoms with Crippen molar-refractivity contribution in [3.05, 3.63) is 34.1 Å². The van der Waals surface area contributed by atoms with Crippen molar-refractivity contribution in [2.24, 2.45) is 5.73 Å². The van der Waals surface area contributed by atoms with Crippen molar-refractivity contribution in [3.8, 4) is 0 Å². The summed E-state index contributed by atoms with van der Waals surface area (Å²) in [6.07, 6.45) is 0. The maximum atomic E-state index is 7.59. The van der Waals surface area contributed by atoms with Gasteiger partial charge in [-0.3, -0.25) is 5.41 Å². The molecule has 0 aliphatic carbocycles. The SMILES string of the molecule is Cc1nsc(Sc2cccc(Br)c2C(=N)N)n1. The van der Waals surface area contributed by atoms with E-state index in [1.807, 2.05) is 25.1 Å². The molecule has 0 aliphatic rings. The third kappa shape index (κ3) is 2.85. The van der Waals surface area contributed by atoms with E-state index in [0.29, 0.717) is 5.56 Å². The lowest BCUT2D eigenvalue weighted by atomic mass is 10.2. The van der Waals surface area contributed by atoms with Gasteiger partial charge in [-0.05, 0) is 46.5 Å². The van der Waals surface area contributed by atoms with Gasteiger partial charge in [0, 0.05) is 14.9 Å². The minimum absolute atomic E-state index is 0.0428. The van der Waals surface area contributed by atoms with E-state index in [0.717, 1.165) is 19.5 Å². The summed E-state index contributed by atoms with van der Waals surface area (Å²) in [5.41, 5.74) is 6.28. The van der Waals surface area contributed by atoms with Crippen LogP contribution in [0.25, 0.3) is 0 Å². The monoisotopic (exact) mass is 328 g/mol. The van der Waals surface area contributed by atoms with Crippen LogP contribution in [0.2, 0.25) is 0 Å². The first-order valence-corrected chi connectivity index (χ1v) is 7.07. The van der Waals surface area contributed by atoms with Crippen LogP contribution in [-0.2, 0) is 0 Å². The van der Waals surface area contributed by atoms with Crippen molar-refractivity contribution < 1.29 is 0 Å². The molecule has 0 saturated heterocycles. The zero-order valence-corrected chi connectivity index (χ0v) is 12.1. The van der Waals surface area contributed by atoms with Crippen LogP contribution < -0.4 is 5.73 Å². The summed E-state index contributed by atoms with van der Waals surface area (Å²) in [6, 6.07) is 5.70. The van der Waals surface area contributed by atoms with Gasteiger partial charge in [-0.15, -0.1) is 0 Å². The lowest BCUT2D eigenvalue weighted by Crippen LogP contribution is -2.13. The van der Waals surface area contributed by atoms with Crippen LogP contribution in [0.5, 0.6) is 0 Å². The van der Waals surface area contributed by atoms with Gasteiger partial charge in [0.2, 0.25) is 0 Å². The van der Waals surface area contributed by atoms with Gasteiger partial charge in [-0.1, -0.05) is 17.8 Å². The number of rotatable bonds is 3. The molecule has 0 radical (unpaired) electrons. The number of aromatic nitrogens is 2. The minimum atomic E-state index is 0.0428. The Morgan fingerprint density at radius 1 is 1.53 bits per heavy atom. The topological polar surface area (TPSA) is 75.7 Å². The van der Waals surface area contributed by atoms with Gasteiger partial charge in [0.05, 0.1) is 0 Å². The number of nitrogens with zero attached hydrogens (tertiary/aromatic N) is 2. The van der Waals surface area contributed by atoms with E-state index in [9.17, 15) is 0 Å². The second kappa shape index (κ2) is 5.16. The van der Waals surface area contributed by atoms with Gasteiger partial charge in [0.1, 0.15) is 11.7 Å². The maximum absolute atomic E-state index is 7.59. The Labute approximate surface area is 115 Å². The van der Waals surface area contributed by atoms with Crippen molar-refractivity contribution >= 4 is 45.1 Å². The lowest BCUT2D eigenvalue weighted by molar-refractivity contribution is 1.10. The van der Waals surface area contributed by atoms with Crippen LogP contribution in [-0.4, -0.2) is 15.2 Å². The number of nitrogens with two attached hydrogens (primary N) is 1. The van der Waals surface area contributed by atoms with Crippen LogP contribution in [0.3, 0.4) is 0 Å².